The number of rotatable bonds is 10. The van der Waals surface area contributed by atoms with Gasteiger partial charge in [0.2, 0.25) is 11.9 Å². The van der Waals surface area contributed by atoms with Crippen molar-refractivity contribution in [1.29, 1.82) is 0 Å². The van der Waals surface area contributed by atoms with Gasteiger partial charge < -0.3 is 19.3 Å². The number of hydrogen-bond donors (Lipinski definition) is 1. The lowest BCUT2D eigenvalue weighted by Gasteiger charge is -2.44. The molecule has 1 N–H and O–H groups in total. The van der Waals surface area contributed by atoms with Gasteiger partial charge >= 0.3 is 0 Å². The monoisotopic (exact) mass is 439 g/mol. The van der Waals surface area contributed by atoms with Crippen molar-refractivity contribution in [3.8, 4) is 0 Å². The van der Waals surface area contributed by atoms with Gasteiger partial charge in [-0.15, -0.1) is 0 Å². The van der Waals surface area contributed by atoms with Crippen LogP contribution in [-0.2, 0) is 9.13 Å². The van der Waals surface area contributed by atoms with E-state index in [0.29, 0.717) is 47.3 Å². The summed E-state index contributed by atoms with van der Waals surface area (Å²) in [4.78, 5) is 15.6. The maximum absolute atomic E-state index is 14.3. The fourth-order valence-corrected chi connectivity index (χ4v) is 10.9. The molecule has 3 fully saturated rings. The fraction of sp³-hybridized carbons (Fsp3) is 0.850. The zero-order chi connectivity index (χ0) is 20.4. The van der Waals surface area contributed by atoms with Gasteiger partial charge in [0.05, 0.1) is 20.4 Å². The molecule has 0 saturated heterocycles. The van der Waals surface area contributed by atoms with E-state index in [2.05, 4.69) is 20.3 Å². The van der Waals surface area contributed by atoms with Crippen molar-refractivity contribution >= 4 is 26.8 Å². The SMILES string of the molecule is CCNc1nc(C)nc(N(C[PH](=O)C2CCC2)CP(=O)(C2CCC2)C2CCC2)n1. The van der Waals surface area contributed by atoms with Crippen LogP contribution in [0.1, 0.15) is 70.5 Å². The van der Waals surface area contributed by atoms with Crippen molar-refractivity contribution in [1.82, 2.24) is 15.0 Å². The van der Waals surface area contributed by atoms with E-state index in [1.54, 1.807) is 0 Å². The first-order chi connectivity index (χ1) is 14.0. The predicted octanol–water partition coefficient (Wildman–Crippen LogP) is 4.91. The Labute approximate surface area is 175 Å². The van der Waals surface area contributed by atoms with Gasteiger partial charge in [0.25, 0.3) is 0 Å². The third-order valence-corrected chi connectivity index (χ3v) is 13.5. The van der Waals surface area contributed by atoms with E-state index in [1.807, 2.05) is 18.7 Å². The van der Waals surface area contributed by atoms with Crippen molar-refractivity contribution in [2.75, 3.05) is 29.3 Å². The molecule has 0 radical (unpaired) electrons. The molecule has 4 rings (SSSR count). The lowest BCUT2D eigenvalue weighted by Crippen LogP contribution is -2.37. The zero-order valence-electron chi connectivity index (χ0n) is 17.8. The van der Waals surface area contributed by atoms with Gasteiger partial charge in [0, 0.05) is 23.5 Å². The third-order valence-electron chi connectivity index (χ3n) is 7.04. The van der Waals surface area contributed by atoms with Crippen molar-refractivity contribution in [2.45, 2.75) is 88.6 Å². The fourth-order valence-electron chi connectivity index (χ4n) is 4.52. The van der Waals surface area contributed by atoms with E-state index in [-0.39, 0.29) is 0 Å². The third kappa shape index (κ3) is 4.56. The Morgan fingerprint density at radius 3 is 2.14 bits per heavy atom. The second-order valence-electron chi connectivity index (χ2n) is 8.99. The molecule has 9 heteroatoms. The molecule has 1 unspecified atom stereocenters. The van der Waals surface area contributed by atoms with Crippen molar-refractivity contribution < 1.29 is 9.13 Å². The number of aromatic nitrogens is 3. The average Bonchev–Trinajstić information content (AvgIpc) is 2.48. The van der Waals surface area contributed by atoms with Gasteiger partial charge in [-0.25, -0.2) is 0 Å². The van der Waals surface area contributed by atoms with Crippen LogP contribution in [0.15, 0.2) is 0 Å². The summed E-state index contributed by atoms with van der Waals surface area (Å²) in [5.41, 5.74) is 1.03. The summed E-state index contributed by atoms with van der Waals surface area (Å²) in [6, 6.07) is 0. The summed E-state index contributed by atoms with van der Waals surface area (Å²) in [5, 5.41) is 3.17. The Morgan fingerprint density at radius 1 is 1.03 bits per heavy atom. The minimum Gasteiger partial charge on any atom is -0.354 e. The lowest BCUT2D eigenvalue weighted by atomic mass is 9.99. The van der Waals surface area contributed by atoms with E-state index in [4.69, 9.17) is 0 Å². The molecule has 1 aromatic heterocycles. The molecule has 3 aliphatic rings. The largest absolute Gasteiger partial charge is 0.354 e. The van der Waals surface area contributed by atoms with Crippen LogP contribution in [0.2, 0.25) is 0 Å². The highest BCUT2D eigenvalue weighted by Gasteiger charge is 2.47. The Morgan fingerprint density at radius 2 is 1.66 bits per heavy atom. The second kappa shape index (κ2) is 9.06. The molecule has 0 amide bonds. The quantitative estimate of drug-likeness (QED) is 0.518. The first-order valence-corrected chi connectivity index (χ1v) is 15.0. The molecular weight excluding hydrogens is 404 g/mol. The first kappa shape index (κ1) is 21.3. The van der Waals surface area contributed by atoms with Gasteiger partial charge in [0.15, 0.2) is 0 Å². The highest BCUT2D eigenvalue weighted by Crippen LogP contribution is 2.66. The molecule has 1 heterocycles. The Kier molecular flexibility index (Phi) is 6.65. The van der Waals surface area contributed by atoms with Crippen LogP contribution < -0.4 is 10.2 Å². The van der Waals surface area contributed by atoms with Crippen molar-refractivity contribution in [2.24, 2.45) is 0 Å². The van der Waals surface area contributed by atoms with E-state index in [9.17, 15) is 9.13 Å². The van der Waals surface area contributed by atoms with Crippen molar-refractivity contribution in [3.63, 3.8) is 0 Å². The summed E-state index contributed by atoms with van der Waals surface area (Å²) in [6.07, 6.45) is 11.0. The van der Waals surface area contributed by atoms with Crippen LogP contribution in [0.25, 0.3) is 0 Å². The summed E-state index contributed by atoms with van der Waals surface area (Å²) < 4.78 is 27.3. The van der Waals surface area contributed by atoms with Gasteiger partial charge in [-0.1, -0.05) is 19.3 Å². The van der Waals surface area contributed by atoms with Crippen LogP contribution in [0, 0.1) is 6.92 Å². The minimum absolute atomic E-state index is 0.338. The summed E-state index contributed by atoms with van der Waals surface area (Å²) in [6.45, 7) is 4.59. The minimum atomic E-state index is -2.39. The molecule has 0 spiro atoms. The smallest absolute Gasteiger partial charge is 0.231 e. The van der Waals surface area contributed by atoms with E-state index >= 15 is 0 Å². The van der Waals surface area contributed by atoms with Crippen molar-refractivity contribution in [3.05, 3.63) is 5.82 Å². The topological polar surface area (TPSA) is 88.1 Å². The molecule has 1 aromatic rings. The molecule has 0 aromatic carbocycles. The molecule has 7 nitrogen and oxygen atoms in total. The Balaban J connectivity index is 1.62. The summed E-state index contributed by atoms with van der Waals surface area (Å²) in [5.74, 6) is 1.73. The summed E-state index contributed by atoms with van der Waals surface area (Å²) >= 11 is 0. The highest BCUT2D eigenvalue weighted by molar-refractivity contribution is 7.65. The van der Waals surface area contributed by atoms with E-state index in [1.165, 1.54) is 19.3 Å². The molecule has 162 valence electrons. The molecule has 1 atom stereocenters. The summed E-state index contributed by atoms with van der Waals surface area (Å²) in [7, 11) is -4.17. The first-order valence-electron chi connectivity index (χ1n) is 11.3. The van der Waals surface area contributed by atoms with Gasteiger partial charge in [-0.2, -0.15) is 15.0 Å². The van der Waals surface area contributed by atoms with Gasteiger partial charge in [-0.05, 0) is 52.4 Å². The highest BCUT2D eigenvalue weighted by atomic mass is 31.2. The molecule has 3 saturated carbocycles. The molecule has 0 aliphatic heterocycles. The standard InChI is InChI=1S/C20H35N5O2P2/c1-3-21-19-22-15(2)23-20(24-19)25(13-28(26)16-7-4-8-16)14-29(27,17-9-5-10-17)18-11-6-12-18/h16-18,28H,3-14H2,1-2H3,(H,21,22,23,24). The number of aryl methyl sites for hydroxylation is 1. The number of hydrogen-bond acceptors (Lipinski definition) is 7. The Bertz CT molecular complexity index is 775. The van der Waals surface area contributed by atoms with Crippen LogP contribution in [0.4, 0.5) is 11.9 Å². The van der Waals surface area contributed by atoms with E-state index in [0.717, 1.165) is 45.1 Å². The predicted molar refractivity (Wildman–Crippen MR) is 120 cm³/mol. The second-order valence-corrected chi connectivity index (χ2v) is 14.5. The van der Waals surface area contributed by atoms with Crippen LogP contribution in [-0.4, -0.2) is 51.0 Å². The van der Waals surface area contributed by atoms with Crippen LogP contribution in [0.5, 0.6) is 0 Å². The lowest BCUT2D eigenvalue weighted by molar-refractivity contribution is 0.429. The molecular formula is C20H35N5O2P2. The number of anilines is 2. The van der Waals surface area contributed by atoms with Gasteiger partial charge in [-0.3, -0.25) is 0 Å². The number of nitrogens with zero attached hydrogens (tertiary/aromatic N) is 4. The maximum Gasteiger partial charge on any atom is 0.231 e. The molecule has 29 heavy (non-hydrogen) atoms. The molecule has 0 bridgehead atoms. The van der Waals surface area contributed by atoms with Crippen LogP contribution >= 0.6 is 14.9 Å². The maximum atomic E-state index is 14.3. The average molecular weight is 439 g/mol. The van der Waals surface area contributed by atoms with Crippen LogP contribution in [0.3, 0.4) is 0 Å². The zero-order valence-corrected chi connectivity index (χ0v) is 19.7. The molecule has 3 aliphatic carbocycles. The number of nitrogens with one attached hydrogen (secondary N) is 1. The van der Waals surface area contributed by atoms with E-state index < -0.39 is 14.9 Å². The Hall–Kier alpha value is -0.930. The van der Waals surface area contributed by atoms with Gasteiger partial charge in [0.1, 0.15) is 13.0 Å². The normalized spacial score (nSPS) is 21.7.